The lowest BCUT2D eigenvalue weighted by molar-refractivity contribution is 0.0206. The van der Waals surface area contributed by atoms with Gasteiger partial charge in [0, 0.05) is 0 Å². The monoisotopic (exact) mass is 344 g/mol. The maximum absolute atomic E-state index is 12.0. The fraction of sp³-hybridized carbons (Fsp3) is 0.682. The predicted molar refractivity (Wildman–Crippen MR) is 100 cm³/mol. The summed E-state index contributed by atoms with van der Waals surface area (Å²) in [4.78, 5) is 12.0. The zero-order valence-corrected chi connectivity index (χ0v) is 16.5. The summed E-state index contributed by atoms with van der Waals surface area (Å²) in [7, 11) is 0. The molecule has 2 atom stereocenters. The van der Waals surface area contributed by atoms with Gasteiger partial charge in [0.05, 0.1) is 0 Å². The van der Waals surface area contributed by atoms with Crippen LogP contribution in [0.1, 0.15) is 84.3 Å². The second kappa shape index (κ2) is 6.34. The van der Waals surface area contributed by atoms with E-state index in [-0.39, 0.29) is 5.41 Å². The van der Waals surface area contributed by atoms with Gasteiger partial charge >= 0.3 is 6.16 Å². The molecule has 0 N–H and O–H groups in total. The Labute approximate surface area is 152 Å². The number of hydrogen-bond donors (Lipinski definition) is 0. The lowest BCUT2D eigenvalue weighted by Crippen LogP contribution is -2.26. The Morgan fingerprint density at radius 1 is 1.12 bits per heavy atom. The Balaban J connectivity index is 1.77. The molecule has 0 bridgehead atoms. The highest BCUT2D eigenvalue weighted by atomic mass is 16.7. The Kier molecular flexibility index (Phi) is 4.63. The molecule has 1 aromatic rings. The van der Waals surface area contributed by atoms with Gasteiger partial charge in [-0.25, -0.2) is 4.79 Å². The van der Waals surface area contributed by atoms with E-state index < -0.39 is 11.8 Å². The molecule has 0 unspecified atom stereocenters. The minimum atomic E-state index is -0.632. The van der Waals surface area contributed by atoms with Gasteiger partial charge in [-0.2, -0.15) is 0 Å². The van der Waals surface area contributed by atoms with Crippen molar-refractivity contribution >= 4 is 6.16 Å². The average Bonchev–Trinajstić information content (AvgIpc) is 3.33. The van der Waals surface area contributed by atoms with Gasteiger partial charge < -0.3 is 9.47 Å². The molecule has 3 rings (SSSR count). The van der Waals surface area contributed by atoms with Crippen LogP contribution in [0.5, 0.6) is 5.75 Å². The number of carbonyl (C=O) groups is 1. The van der Waals surface area contributed by atoms with E-state index in [1.807, 2.05) is 26.8 Å². The molecule has 1 aromatic carbocycles. The minimum absolute atomic E-state index is 0.0898. The van der Waals surface area contributed by atoms with Gasteiger partial charge in [0.15, 0.2) is 0 Å². The maximum atomic E-state index is 12.0. The Morgan fingerprint density at radius 3 is 2.36 bits per heavy atom. The number of ether oxygens (including phenoxy) is 2. The quantitative estimate of drug-likeness (QED) is 0.482. The van der Waals surface area contributed by atoms with E-state index in [1.54, 1.807) is 0 Å². The largest absolute Gasteiger partial charge is 0.514 e. The van der Waals surface area contributed by atoms with E-state index in [0.29, 0.717) is 11.7 Å². The molecule has 0 radical (unpaired) electrons. The Hall–Kier alpha value is -1.51. The second-order valence-electron chi connectivity index (χ2n) is 9.85. The molecule has 0 aliphatic heterocycles. The summed E-state index contributed by atoms with van der Waals surface area (Å²) < 4.78 is 10.7. The van der Waals surface area contributed by atoms with Crippen LogP contribution >= 0.6 is 0 Å². The fourth-order valence-corrected chi connectivity index (χ4v) is 3.63. The first-order valence-electron chi connectivity index (χ1n) is 9.58. The lowest BCUT2D eigenvalue weighted by atomic mass is 9.82. The van der Waals surface area contributed by atoms with Gasteiger partial charge in [0.2, 0.25) is 0 Å². The predicted octanol–water partition coefficient (Wildman–Crippen LogP) is 6.20. The van der Waals surface area contributed by atoms with Crippen LogP contribution in [0.15, 0.2) is 18.2 Å². The van der Waals surface area contributed by atoms with E-state index in [9.17, 15) is 4.79 Å². The third kappa shape index (κ3) is 4.99. The molecule has 2 fully saturated rings. The molecule has 0 amide bonds. The number of benzene rings is 1. The van der Waals surface area contributed by atoms with Gasteiger partial charge in [0.1, 0.15) is 11.4 Å². The number of rotatable bonds is 4. The van der Waals surface area contributed by atoms with Crippen molar-refractivity contribution in [1.82, 2.24) is 0 Å². The van der Waals surface area contributed by atoms with Crippen LogP contribution in [0.4, 0.5) is 4.79 Å². The molecule has 2 aliphatic carbocycles. The summed E-state index contributed by atoms with van der Waals surface area (Å²) >= 11 is 0. The highest BCUT2D eigenvalue weighted by Crippen LogP contribution is 2.56. The van der Waals surface area contributed by atoms with E-state index in [1.165, 1.54) is 36.8 Å². The van der Waals surface area contributed by atoms with Gasteiger partial charge in [-0.3, -0.25) is 0 Å². The normalized spacial score (nSPS) is 23.3. The standard InChI is InChI=1S/C22H32O3/c1-21(2,3)19-10-9-16(24-20(23)25-22(4,5)6)13-18(19)17-12-15(17)11-14-7-8-14/h9-10,13-15,17H,7-8,11-12H2,1-6H3/t15-,17+/m0/s1. The van der Waals surface area contributed by atoms with Crippen molar-refractivity contribution in [3.63, 3.8) is 0 Å². The molecule has 0 aromatic heterocycles. The molecule has 2 saturated carbocycles. The molecule has 2 aliphatic rings. The third-order valence-corrected chi connectivity index (χ3v) is 5.08. The molecule has 138 valence electrons. The molecule has 0 spiro atoms. The maximum Gasteiger partial charge on any atom is 0.514 e. The fourth-order valence-electron chi connectivity index (χ4n) is 3.63. The van der Waals surface area contributed by atoms with Crippen molar-refractivity contribution < 1.29 is 14.3 Å². The Bertz CT molecular complexity index is 644. The van der Waals surface area contributed by atoms with Crippen molar-refractivity contribution in [2.75, 3.05) is 0 Å². The molecule has 25 heavy (non-hydrogen) atoms. The summed E-state index contributed by atoms with van der Waals surface area (Å²) in [6, 6.07) is 6.09. The van der Waals surface area contributed by atoms with Gasteiger partial charge in [-0.05, 0) is 80.0 Å². The van der Waals surface area contributed by atoms with Crippen LogP contribution in [0.3, 0.4) is 0 Å². The Morgan fingerprint density at radius 2 is 1.80 bits per heavy atom. The highest BCUT2D eigenvalue weighted by Gasteiger charge is 2.43. The van der Waals surface area contributed by atoms with E-state index in [2.05, 4.69) is 32.9 Å². The molecule has 0 heterocycles. The van der Waals surface area contributed by atoms with Crippen LogP contribution in [0.25, 0.3) is 0 Å². The molecule has 3 heteroatoms. The zero-order chi connectivity index (χ0) is 18.4. The molecule has 3 nitrogen and oxygen atoms in total. The minimum Gasteiger partial charge on any atom is -0.428 e. The SMILES string of the molecule is CC(C)(C)OC(=O)Oc1ccc(C(C)(C)C)c([C@@H]2C[C@@H]2CC2CC2)c1. The van der Waals surface area contributed by atoms with Crippen LogP contribution in [-0.4, -0.2) is 11.8 Å². The summed E-state index contributed by atoms with van der Waals surface area (Å²) in [5.41, 5.74) is 2.27. The van der Waals surface area contributed by atoms with Gasteiger partial charge in [0.25, 0.3) is 0 Å². The highest BCUT2D eigenvalue weighted by molar-refractivity contribution is 5.64. The lowest BCUT2D eigenvalue weighted by Gasteiger charge is -2.24. The van der Waals surface area contributed by atoms with Crippen molar-refractivity contribution in [2.45, 2.75) is 84.2 Å². The van der Waals surface area contributed by atoms with Crippen LogP contribution in [0.2, 0.25) is 0 Å². The van der Waals surface area contributed by atoms with Crippen LogP contribution in [-0.2, 0) is 10.2 Å². The first-order valence-corrected chi connectivity index (χ1v) is 9.58. The molecular formula is C22H32O3. The summed E-state index contributed by atoms with van der Waals surface area (Å²) in [6.07, 6.45) is 4.84. The first kappa shape index (κ1) is 18.3. The van der Waals surface area contributed by atoms with Crippen LogP contribution in [0, 0.1) is 11.8 Å². The van der Waals surface area contributed by atoms with Crippen molar-refractivity contribution in [2.24, 2.45) is 11.8 Å². The molecule has 0 saturated heterocycles. The second-order valence-corrected chi connectivity index (χ2v) is 9.85. The number of carbonyl (C=O) groups excluding carboxylic acids is 1. The topological polar surface area (TPSA) is 35.5 Å². The van der Waals surface area contributed by atoms with Crippen molar-refractivity contribution in [3.05, 3.63) is 29.3 Å². The smallest absolute Gasteiger partial charge is 0.428 e. The summed E-state index contributed by atoms with van der Waals surface area (Å²) in [5.74, 6) is 2.99. The van der Waals surface area contributed by atoms with E-state index in [4.69, 9.17) is 9.47 Å². The zero-order valence-electron chi connectivity index (χ0n) is 16.5. The van der Waals surface area contributed by atoms with Gasteiger partial charge in [-0.1, -0.05) is 39.7 Å². The first-order chi connectivity index (χ1) is 11.5. The van der Waals surface area contributed by atoms with E-state index >= 15 is 0 Å². The third-order valence-electron chi connectivity index (χ3n) is 5.08. The molecular weight excluding hydrogens is 312 g/mol. The van der Waals surface area contributed by atoms with Crippen molar-refractivity contribution in [1.29, 1.82) is 0 Å². The van der Waals surface area contributed by atoms with E-state index in [0.717, 1.165) is 11.8 Å². The summed E-state index contributed by atoms with van der Waals surface area (Å²) in [5, 5.41) is 0. The average molecular weight is 344 g/mol. The van der Waals surface area contributed by atoms with Gasteiger partial charge in [-0.15, -0.1) is 0 Å². The summed E-state index contributed by atoms with van der Waals surface area (Å²) in [6.45, 7) is 12.3. The van der Waals surface area contributed by atoms with Crippen LogP contribution < -0.4 is 4.74 Å². The van der Waals surface area contributed by atoms with Crippen molar-refractivity contribution in [3.8, 4) is 5.75 Å². The number of hydrogen-bond acceptors (Lipinski definition) is 3.